The van der Waals surface area contributed by atoms with Crippen LogP contribution >= 0.6 is 40.0 Å². The van der Waals surface area contributed by atoms with Crippen LogP contribution in [0.4, 0.5) is 0 Å². The summed E-state index contributed by atoms with van der Waals surface area (Å²) < 4.78 is 10.7. The number of hydrogen-bond donors (Lipinski definition) is 0. The van der Waals surface area contributed by atoms with Gasteiger partial charge in [0.1, 0.15) is 6.61 Å². The Labute approximate surface area is 137 Å². The van der Waals surface area contributed by atoms with E-state index in [0.29, 0.717) is 27.9 Å². The number of halogens is 2. The quantitative estimate of drug-likeness (QED) is 0.554. The number of pyridine rings is 1. The Hall–Kier alpha value is 0.534. The van der Waals surface area contributed by atoms with Crippen LogP contribution in [0.25, 0.3) is 5.57 Å². The Morgan fingerprint density at radius 3 is 2.67 bits per heavy atom. The predicted octanol–water partition coefficient (Wildman–Crippen LogP) is 4.39. The molecule has 1 aromatic heterocycles. The molecule has 0 saturated carbocycles. The summed E-state index contributed by atoms with van der Waals surface area (Å²) in [5.74, 6) is 1.11. The molecule has 1 aromatic rings. The molecule has 0 saturated heterocycles. The Morgan fingerprint density at radius 1 is 1.44 bits per heavy atom. The van der Waals surface area contributed by atoms with Gasteiger partial charge in [0.15, 0.2) is 0 Å². The van der Waals surface area contributed by atoms with Gasteiger partial charge in [0.2, 0.25) is 5.88 Å². The van der Waals surface area contributed by atoms with E-state index >= 15 is 0 Å². The van der Waals surface area contributed by atoms with Crippen molar-refractivity contribution in [1.82, 2.24) is 4.98 Å². The molecule has 0 amide bonds. The van der Waals surface area contributed by atoms with E-state index in [2.05, 4.69) is 58.8 Å². The van der Waals surface area contributed by atoms with Gasteiger partial charge in [0.25, 0.3) is 0 Å². The van der Waals surface area contributed by atoms with Crippen molar-refractivity contribution in [2.24, 2.45) is 5.92 Å². The summed E-state index contributed by atoms with van der Waals surface area (Å²) in [4.78, 5) is 4.17. The minimum absolute atomic E-state index is 0.441. The fraction of sp³-hybridized carbons (Fsp3) is 0.417. The van der Waals surface area contributed by atoms with E-state index in [0.717, 1.165) is 5.56 Å². The molecular formula is C12H15I2NO2V. The number of ether oxygens (including phenoxy) is 2. The maximum absolute atomic E-state index is 5.43. The molecule has 0 aromatic carbocycles. The van der Waals surface area contributed by atoms with Crippen LogP contribution in [0.3, 0.4) is 0 Å². The summed E-state index contributed by atoms with van der Waals surface area (Å²) in [5, 5.41) is 0. The van der Waals surface area contributed by atoms with Crippen LogP contribution in [0.2, 0.25) is 0 Å². The van der Waals surface area contributed by atoms with Crippen molar-refractivity contribution in [3.63, 3.8) is 0 Å². The zero-order valence-corrected chi connectivity index (χ0v) is 16.2. The summed E-state index contributed by atoms with van der Waals surface area (Å²) in [7, 11) is 2.26. The van der Waals surface area contributed by atoms with Gasteiger partial charge in [-0.3, -0.25) is 0 Å². The number of nitrogens with zero attached hydrogens (tertiary/aromatic N) is 1. The second kappa shape index (κ2) is 8.65. The Bertz CT molecular complexity index is 425. The van der Waals surface area contributed by atoms with E-state index in [9.17, 15) is 0 Å². The van der Waals surface area contributed by atoms with Gasteiger partial charge in [-0.15, -0.1) is 0 Å². The molecule has 0 bridgehead atoms. The molecule has 0 fully saturated rings. The molecule has 1 aliphatic heterocycles. The fourth-order valence-electron chi connectivity index (χ4n) is 1.78. The topological polar surface area (TPSA) is 31.4 Å². The first-order valence-corrected chi connectivity index (χ1v) is 14.4. The van der Waals surface area contributed by atoms with E-state index in [4.69, 9.17) is 9.47 Å². The standard InChI is InChI=1S/C12H15NO2.2HI.V/c1-8(2)10-6-15-7-11-9(10)4-5-13-12(11)14-3;;;/h4-6,8H,7H2,1-3H3;2*1H;/q;;;+2/p-2. The van der Waals surface area contributed by atoms with Crippen LogP contribution in [0.5, 0.6) is 5.88 Å². The van der Waals surface area contributed by atoms with Gasteiger partial charge in [-0.05, 0) is 23.1 Å². The molecule has 0 radical (unpaired) electrons. The number of aromatic nitrogens is 1. The van der Waals surface area contributed by atoms with Crippen molar-refractivity contribution in [2.45, 2.75) is 20.5 Å². The molecule has 6 heteroatoms. The summed E-state index contributed by atoms with van der Waals surface area (Å²) in [5.41, 5.74) is 3.45. The van der Waals surface area contributed by atoms with Crippen LogP contribution in [0, 0.1) is 5.92 Å². The Morgan fingerprint density at radius 2 is 2.11 bits per heavy atom. The van der Waals surface area contributed by atoms with Gasteiger partial charge < -0.3 is 9.47 Å². The van der Waals surface area contributed by atoms with E-state index in [-0.39, 0.29) is 0 Å². The first-order chi connectivity index (χ1) is 8.65. The molecule has 99 valence electrons. The SMILES string of the molecule is COc1nccc2c1COC=C2C(C)C.[I][V][I]. The first-order valence-electron chi connectivity index (χ1n) is 5.41. The molecule has 18 heavy (non-hydrogen) atoms. The van der Waals surface area contributed by atoms with Gasteiger partial charge in [-0.25, -0.2) is 4.98 Å². The second-order valence-corrected chi connectivity index (χ2v) is 15.7. The normalized spacial score (nSPS) is 12.7. The third-order valence-corrected chi connectivity index (χ3v) is 2.58. The molecule has 3 nitrogen and oxygen atoms in total. The van der Waals surface area contributed by atoms with Crippen molar-refractivity contribution in [3.8, 4) is 5.88 Å². The van der Waals surface area contributed by atoms with Crippen LogP contribution in [0.1, 0.15) is 25.0 Å². The number of methoxy groups -OCH3 is 1. The van der Waals surface area contributed by atoms with Crippen LogP contribution in [-0.4, -0.2) is 12.1 Å². The predicted molar refractivity (Wildman–Crippen MR) is 86.4 cm³/mol. The van der Waals surface area contributed by atoms with Crippen LogP contribution in [0.15, 0.2) is 18.5 Å². The summed E-state index contributed by atoms with van der Waals surface area (Å²) >= 11 is 4.74. The zero-order chi connectivity index (χ0) is 13.5. The minimum atomic E-state index is 0.441. The Kier molecular flexibility index (Phi) is 7.98. The molecular weight excluding hydrogens is 495 g/mol. The van der Waals surface area contributed by atoms with Gasteiger partial charge >= 0.3 is 49.4 Å². The number of allylic oxidation sites excluding steroid dienone is 1. The van der Waals surface area contributed by atoms with Crippen molar-refractivity contribution in [3.05, 3.63) is 29.7 Å². The zero-order valence-electron chi connectivity index (χ0n) is 10.5. The molecule has 2 rings (SSSR count). The van der Waals surface area contributed by atoms with E-state index in [1.165, 1.54) is 11.1 Å². The molecule has 0 unspecified atom stereocenters. The summed E-state index contributed by atoms with van der Waals surface area (Å²) in [6.07, 6.45) is 3.62. The van der Waals surface area contributed by atoms with Gasteiger partial charge in [0, 0.05) is 6.20 Å². The van der Waals surface area contributed by atoms with Gasteiger partial charge in [-0.2, -0.15) is 0 Å². The fourth-order valence-corrected chi connectivity index (χ4v) is 1.78. The summed E-state index contributed by atoms with van der Waals surface area (Å²) in [6, 6.07) is 2.02. The molecule has 1 aliphatic rings. The molecule has 0 aliphatic carbocycles. The average Bonchev–Trinajstić information content (AvgIpc) is 2.38. The third-order valence-electron chi connectivity index (χ3n) is 2.58. The molecule has 0 N–H and O–H groups in total. The Balaban J connectivity index is 0.000000492. The molecule has 0 atom stereocenters. The number of rotatable bonds is 2. The van der Waals surface area contributed by atoms with Crippen molar-refractivity contribution >= 4 is 45.5 Å². The maximum atomic E-state index is 5.43. The third kappa shape index (κ3) is 4.28. The monoisotopic (exact) mass is 510 g/mol. The van der Waals surface area contributed by atoms with Crippen molar-refractivity contribution in [2.75, 3.05) is 7.11 Å². The van der Waals surface area contributed by atoms with E-state index in [1.807, 2.05) is 12.3 Å². The number of fused-ring (bicyclic) bond motifs is 1. The second-order valence-electron chi connectivity index (χ2n) is 3.95. The first kappa shape index (κ1) is 16.6. The van der Waals surface area contributed by atoms with Crippen LogP contribution < -0.4 is 4.74 Å². The van der Waals surface area contributed by atoms with Crippen molar-refractivity contribution < 1.29 is 18.9 Å². The van der Waals surface area contributed by atoms with Gasteiger partial charge in [-0.1, -0.05) is 13.8 Å². The summed E-state index contributed by atoms with van der Waals surface area (Å²) in [6.45, 7) is 4.84. The molecule has 0 spiro atoms. The van der Waals surface area contributed by atoms with E-state index < -0.39 is 0 Å². The van der Waals surface area contributed by atoms with Crippen LogP contribution in [-0.2, 0) is 20.8 Å². The molecule has 2 heterocycles. The van der Waals surface area contributed by atoms with E-state index in [1.54, 1.807) is 13.3 Å². The number of hydrogen-bond acceptors (Lipinski definition) is 3. The average molecular weight is 510 g/mol. The van der Waals surface area contributed by atoms with Gasteiger partial charge in [0.05, 0.1) is 18.9 Å². The van der Waals surface area contributed by atoms with Crippen molar-refractivity contribution in [1.29, 1.82) is 0 Å².